The Morgan fingerprint density at radius 3 is 2.50 bits per heavy atom. The van der Waals surface area contributed by atoms with Crippen LogP contribution in [-0.2, 0) is 6.18 Å². The third-order valence-corrected chi connectivity index (χ3v) is 2.93. The van der Waals surface area contributed by atoms with Crippen molar-refractivity contribution in [2.75, 3.05) is 11.1 Å². The predicted molar refractivity (Wildman–Crippen MR) is 77.3 cm³/mol. The molecule has 4 N–H and O–H groups in total. The topological polar surface area (TPSA) is 123 Å². The second kappa shape index (κ2) is 5.68. The molecule has 0 spiro atoms. The molecule has 0 atom stereocenters. The summed E-state index contributed by atoms with van der Waals surface area (Å²) in [7, 11) is 0. The first-order valence-corrected chi connectivity index (χ1v) is 6.46. The van der Waals surface area contributed by atoms with Crippen molar-refractivity contribution in [1.82, 2.24) is 20.1 Å². The highest BCUT2D eigenvalue weighted by Gasteiger charge is 2.30. The lowest BCUT2D eigenvalue weighted by Crippen LogP contribution is -2.06. The molecule has 1 aromatic carbocycles. The molecule has 24 heavy (non-hydrogen) atoms. The summed E-state index contributed by atoms with van der Waals surface area (Å²) in [6, 6.07) is 4.28. The van der Waals surface area contributed by atoms with E-state index in [1.807, 2.05) is 0 Å². The van der Waals surface area contributed by atoms with Gasteiger partial charge in [-0.25, -0.2) is 14.8 Å². The SMILES string of the molecule is Nc1cnc(-c2noc(=O)[nH]2)c(Nc2ccc(C(F)(F)F)cc2)n1. The van der Waals surface area contributed by atoms with Crippen LogP contribution in [0.3, 0.4) is 0 Å². The number of alkyl halides is 3. The van der Waals surface area contributed by atoms with Crippen molar-refractivity contribution in [2.24, 2.45) is 0 Å². The Morgan fingerprint density at radius 1 is 1.21 bits per heavy atom. The van der Waals surface area contributed by atoms with E-state index in [1.54, 1.807) is 0 Å². The molecule has 0 bridgehead atoms. The highest BCUT2D eigenvalue weighted by atomic mass is 19.4. The van der Waals surface area contributed by atoms with Crippen LogP contribution in [0.15, 0.2) is 39.8 Å². The van der Waals surface area contributed by atoms with Gasteiger partial charge in [-0.3, -0.25) is 9.51 Å². The van der Waals surface area contributed by atoms with E-state index in [2.05, 4.69) is 29.9 Å². The molecule has 0 aliphatic heterocycles. The van der Waals surface area contributed by atoms with Crippen LogP contribution in [0.5, 0.6) is 0 Å². The summed E-state index contributed by atoms with van der Waals surface area (Å²) in [5.41, 5.74) is 5.22. The summed E-state index contributed by atoms with van der Waals surface area (Å²) < 4.78 is 42.1. The van der Waals surface area contributed by atoms with Crippen LogP contribution in [0, 0.1) is 0 Å². The lowest BCUT2D eigenvalue weighted by atomic mass is 10.2. The number of anilines is 3. The minimum Gasteiger partial charge on any atom is -0.382 e. The molecule has 3 aromatic rings. The molecule has 0 unspecified atom stereocenters. The summed E-state index contributed by atoms with van der Waals surface area (Å²) in [4.78, 5) is 21.3. The smallest absolute Gasteiger partial charge is 0.382 e. The first-order valence-electron chi connectivity index (χ1n) is 6.46. The van der Waals surface area contributed by atoms with Gasteiger partial charge in [-0.05, 0) is 24.3 Å². The van der Waals surface area contributed by atoms with Crippen molar-refractivity contribution in [3.8, 4) is 11.5 Å². The molecule has 3 rings (SSSR count). The van der Waals surface area contributed by atoms with Crippen molar-refractivity contribution in [1.29, 1.82) is 0 Å². The zero-order valence-corrected chi connectivity index (χ0v) is 11.8. The highest BCUT2D eigenvalue weighted by molar-refractivity contribution is 5.71. The molecule has 0 saturated heterocycles. The Hall–Kier alpha value is -3.37. The van der Waals surface area contributed by atoms with Crippen LogP contribution in [-0.4, -0.2) is 20.1 Å². The monoisotopic (exact) mass is 338 g/mol. The van der Waals surface area contributed by atoms with Gasteiger partial charge in [-0.2, -0.15) is 13.2 Å². The van der Waals surface area contributed by atoms with Crippen LogP contribution in [0.25, 0.3) is 11.5 Å². The maximum atomic E-state index is 12.6. The fourth-order valence-corrected chi connectivity index (χ4v) is 1.87. The van der Waals surface area contributed by atoms with E-state index in [9.17, 15) is 18.0 Å². The van der Waals surface area contributed by atoms with Crippen LogP contribution in [0.4, 0.5) is 30.5 Å². The fourth-order valence-electron chi connectivity index (χ4n) is 1.87. The van der Waals surface area contributed by atoms with Gasteiger partial charge < -0.3 is 11.1 Å². The van der Waals surface area contributed by atoms with E-state index >= 15 is 0 Å². The van der Waals surface area contributed by atoms with Crippen LogP contribution in [0.2, 0.25) is 0 Å². The molecule has 11 heteroatoms. The van der Waals surface area contributed by atoms with Crippen LogP contribution in [0.1, 0.15) is 5.56 Å². The van der Waals surface area contributed by atoms with Gasteiger partial charge in [0.25, 0.3) is 0 Å². The van der Waals surface area contributed by atoms with Gasteiger partial charge in [-0.1, -0.05) is 5.16 Å². The maximum absolute atomic E-state index is 12.6. The van der Waals surface area contributed by atoms with Gasteiger partial charge in [0.05, 0.1) is 11.8 Å². The molecule has 0 amide bonds. The number of hydrogen-bond acceptors (Lipinski definition) is 7. The zero-order chi connectivity index (χ0) is 17.3. The number of aromatic nitrogens is 4. The minimum atomic E-state index is -4.43. The molecule has 0 aliphatic rings. The van der Waals surface area contributed by atoms with E-state index in [-0.39, 0.29) is 23.2 Å². The molecular formula is C13H9F3N6O2. The first-order chi connectivity index (χ1) is 11.3. The zero-order valence-electron chi connectivity index (χ0n) is 11.8. The minimum absolute atomic E-state index is 0.00177. The predicted octanol–water partition coefficient (Wildman–Crippen LogP) is 2.16. The maximum Gasteiger partial charge on any atom is 0.439 e. The van der Waals surface area contributed by atoms with Gasteiger partial charge in [0.2, 0.25) is 5.82 Å². The number of hydrogen-bond donors (Lipinski definition) is 3. The lowest BCUT2D eigenvalue weighted by molar-refractivity contribution is -0.137. The number of halogens is 3. The fraction of sp³-hybridized carbons (Fsp3) is 0.0769. The lowest BCUT2D eigenvalue weighted by Gasteiger charge is -2.11. The van der Waals surface area contributed by atoms with E-state index in [0.29, 0.717) is 5.69 Å². The average molecular weight is 338 g/mol. The number of aromatic amines is 1. The molecule has 124 valence electrons. The molecular weight excluding hydrogens is 329 g/mol. The van der Waals surface area contributed by atoms with Crippen molar-refractivity contribution in [2.45, 2.75) is 6.18 Å². The highest BCUT2D eigenvalue weighted by Crippen LogP contribution is 2.31. The van der Waals surface area contributed by atoms with Crippen molar-refractivity contribution >= 4 is 17.3 Å². The molecule has 0 saturated carbocycles. The Bertz CT molecular complexity index is 916. The normalized spacial score (nSPS) is 11.5. The van der Waals surface area contributed by atoms with E-state index < -0.39 is 17.5 Å². The largest absolute Gasteiger partial charge is 0.439 e. The quantitative estimate of drug-likeness (QED) is 0.668. The Morgan fingerprint density at radius 2 is 1.92 bits per heavy atom. The summed E-state index contributed by atoms with van der Waals surface area (Å²) in [5.74, 6) is -0.621. The summed E-state index contributed by atoms with van der Waals surface area (Å²) in [6.07, 6.45) is -3.19. The van der Waals surface area contributed by atoms with Gasteiger partial charge in [0.1, 0.15) is 5.82 Å². The second-order valence-corrected chi connectivity index (χ2v) is 4.64. The van der Waals surface area contributed by atoms with Gasteiger partial charge in [0.15, 0.2) is 11.5 Å². The molecule has 2 aromatic heterocycles. The van der Waals surface area contributed by atoms with Gasteiger partial charge in [0, 0.05) is 5.69 Å². The summed E-state index contributed by atoms with van der Waals surface area (Å²) >= 11 is 0. The third kappa shape index (κ3) is 3.19. The van der Waals surface area contributed by atoms with E-state index in [4.69, 9.17) is 5.73 Å². The van der Waals surface area contributed by atoms with Crippen LogP contribution < -0.4 is 16.8 Å². The second-order valence-electron chi connectivity index (χ2n) is 4.64. The number of rotatable bonds is 3. The van der Waals surface area contributed by atoms with Crippen LogP contribution >= 0.6 is 0 Å². The standard InChI is InChI=1S/C13H9F3N6O2/c14-13(15,16)6-1-3-7(4-2-6)19-10-9(18-5-8(17)20-10)11-21-12(23)24-22-11/h1-5H,(H3,17,19,20)(H,21,22,23). The van der Waals surface area contributed by atoms with Gasteiger partial charge in [-0.15, -0.1) is 0 Å². The molecule has 0 fully saturated rings. The molecule has 0 aliphatic carbocycles. The Labute approximate surface area is 131 Å². The molecule has 0 radical (unpaired) electrons. The summed E-state index contributed by atoms with van der Waals surface area (Å²) in [5, 5.41) is 6.26. The number of benzene rings is 1. The van der Waals surface area contributed by atoms with E-state index in [1.165, 1.54) is 18.3 Å². The first kappa shape index (κ1) is 15.5. The average Bonchev–Trinajstić information content (AvgIpc) is 2.93. The van der Waals surface area contributed by atoms with E-state index in [0.717, 1.165) is 12.1 Å². The van der Waals surface area contributed by atoms with Gasteiger partial charge >= 0.3 is 11.9 Å². The number of nitrogens with two attached hydrogens (primary N) is 1. The van der Waals surface area contributed by atoms with Crippen molar-refractivity contribution < 1.29 is 17.7 Å². The number of H-pyrrole nitrogens is 1. The number of nitrogen functional groups attached to an aromatic ring is 1. The summed E-state index contributed by atoms with van der Waals surface area (Å²) in [6.45, 7) is 0. The molecule has 8 nitrogen and oxygen atoms in total. The van der Waals surface area contributed by atoms with Crippen molar-refractivity contribution in [3.05, 3.63) is 46.6 Å². The Balaban J connectivity index is 1.95. The molecule has 2 heterocycles. The third-order valence-electron chi connectivity index (χ3n) is 2.93. The Kier molecular flexibility index (Phi) is 3.67. The van der Waals surface area contributed by atoms with Crippen molar-refractivity contribution in [3.63, 3.8) is 0 Å². The number of nitrogens with one attached hydrogen (secondary N) is 2. The number of nitrogens with zero attached hydrogens (tertiary/aromatic N) is 3.